The molecule has 0 radical (unpaired) electrons. The van der Waals surface area contributed by atoms with Crippen LogP contribution in [0.1, 0.15) is 5.69 Å². The van der Waals surface area contributed by atoms with Gasteiger partial charge in [0.25, 0.3) is 0 Å². The first-order valence-electron chi connectivity index (χ1n) is 4.79. The van der Waals surface area contributed by atoms with Gasteiger partial charge in [0.2, 0.25) is 0 Å². The standard InChI is InChI=1S/C9H15N3OS/c10-3-9-5-12(1-2-13-9)4-8-6-14-7-11-8/h6-7,9H,1-5,10H2. The molecule has 1 aromatic heterocycles. The summed E-state index contributed by atoms with van der Waals surface area (Å²) in [4.78, 5) is 6.61. The number of thiazole rings is 1. The van der Waals surface area contributed by atoms with Gasteiger partial charge in [0.1, 0.15) is 0 Å². The van der Waals surface area contributed by atoms with E-state index in [0.29, 0.717) is 6.54 Å². The predicted octanol–water partition coefficient (Wildman–Crippen LogP) is 0.303. The van der Waals surface area contributed by atoms with Crippen molar-refractivity contribution in [1.82, 2.24) is 9.88 Å². The quantitative estimate of drug-likeness (QED) is 0.785. The van der Waals surface area contributed by atoms with Crippen molar-refractivity contribution in [3.05, 3.63) is 16.6 Å². The number of aromatic nitrogens is 1. The van der Waals surface area contributed by atoms with Crippen molar-refractivity contribution in [2.24, 2.45) is 5.73 Å². The number of morpholine rings is 1. The molecule has 1 atom stereocenters. The van der Waals surface area contributed by atoms with Crippen molar-refractivity contribution in [2.45, 2.75) is 12.6 Å². The molecule has 1 fully saturated rings. The first-order chi connectivity index (χ1) is 6.88. The van der Waals surface area contributed by atoms with Gasteiger partial charge in [0, 0.05) is 31.6 Å². The van der Waals surface area contributed by atoms with Crippen molar-refractivity contribution in [2.75, 3.05) is 26.2 Å². The number of hydrogen-bond donors (Lipinski definition) is 1. The second-order valence-electron chi connectivity index (χ2n) is 3.44. The van der Waals surface area contributed by atoms with Crippen LogP contribution in [0, 0.1) is 0 Å². The lowest BCUT2D eigenvalue weighted by Gasteiger charge is -2.31. The second-order valence-corrected chi connectivity index (χ2v) is 4.16. The molecule has 5 heteroatoms. The van der Waals surface area contributed by atoms with Gasteiger partial charge in [0.05, 0.1) is 23.9 Å². The number of nitrogens with zero attached hydrogens (tertiary/aromatic N) is 2. The molecule has 1 unspecified atom stereocenters. The van der Waals surface area contributed by atoms with Crippen molar-refractivity contribution in [3.8, 4) is 0 Å². The molecule has 1 aliphatic heterocycles. The maximum atomic E-state index is 5.57. The van der Waals surface area contributed by atoms with E-state index in [1.165, 1.54) is 0 Å². The third-order valence-electron chi connectivity index (χ3n) is 2.35. The van der Waals surface area contributed by atoms with Crippen LogP contribution < -0.4 is 5.73 Å². The average Bonchev–Trinajstić information content (AvgIpc) is 2.71. The fraction of sp³-hybridized carbons (Fsp3) is 0.667. The molecule has 2 N–H and O–H groups in total. The van der Waals surface area contributed by atoms with Crippen molar-refractivity contribution < 1.29 is 4.74 Å². The maximum absolute atomic E-state index is 5.57. The topological polar surface area (TPSA) is 51.4 Å². The first-order valence-corrected chi connectivity index (χ1v) is 5.74. The zero-order chi connectivity index (χ0) is 9.80. The molecule has 4 nitrogen and oxygen atoms in total. The summed E-state index contributed by atoms with van der Waals surface area (Å²) < 4.78 is 5.49. The molecule has 0 saturated carbocycles. The minimum absolute atomic E-state index is 0.197. The molecular weight excluding hydrogens is 198 g/mol. The van der Waals surface area contributed by atoms with E-state index < -0.39 is 0 Å². The van der Waals surface area contributed by atoms with E-state index in [9.17, 15) is 0 Å². The van der Waals surface area contributed by atoms with E-state index in [-0.39, 0.29) is 6.10 Å². The third-order valence-corrected chi connectivity index (χ3v) is 2.99. The Morgan fingerprint density at radius 2 is 2.64 bits per heavy atom. The minimum Gasteiger partial charge on any atom is -0.374 e. The maximum Gasteiger partial charge on any atom is 0.0824 e. The Morgan fingerprint density at radius 3 is 3.36 bits per heavy atom. The van der Waals surface area contributed by atoms with E-state index in [0.717, 1.165) is 31.9 Å². The Balaban J connectivity index is 1.86. The van der Waals surface area contributed by atoms with E-state index in [2.05, 4.69) is 15.3 Å². The molecule has 0 amide bonds. The fourth-order valence-corrected chi connectivity index (χ4v) is 2.16. The molecule has 1 saturated heterocycles. The molecule has 2 heterocycles. The summed E-state index contributed by atoms with van der Waals surface area (Å²) in [6.07, 6.45) is 0.197. The molecule has 0 spiro atoms. The van der Waals surface area contributed by atoms with Crippen LogP contribution in [0.2, 0.25) is 0 Å². The highest BCUT2D eigenvalue weighted by molar-refractivity contribution is 7.07. The Hall–Kier alpha value is -0.490. The smallest absolute Gasteiger partial charge is 0.0824 e. The van der Waals surface area contributed by atoms with Crippen LogP contribution >= 0.6 is 11.3 Å². The summed E-state index contributed by atoms with van der Waals surface area (Å²) >= 11 is 1.64. The zero-order valence-electron chi connectivity index (χ0n) is 8.06. The van der Waals surface area contributed by atoms with Gasteiger partial charge in [-0.25, -0.2) is 4.98 Å². The number of ether oxygens (including phenoxy) is 1. The van der Waals surface area contributed by atoms with Gasteiger partial charge in [-0.05, 0) is 0 Å². The second kappa shape index (κ2) is 4.84. The Bertz CT molecular complexity index is 265. The lowest BCUT2D eigenvalue weighted by molar-refractivity contribution is -0.0263. The predicted molar refractivity (Wildman–Crippen MR) is 56.2 cm³/mol. The fourth-order valence-electron chi connectivity index (χ4n) is 1.61. The van der Waals surface area contributed by atoms with Crippen molar-refractivity contribution in [3.63, 3.8) is 0 Å². The van der Waals surface area contributed by atoms with Gasteiger partial charge in [-0.1, -0.05) is 0 Å². The van der Waals surface area contributed by atoms with Crippen LogP contribution in [-0.2, 0) is 11.3 Å². The number of hydrogen-bond acceptors (Lipinski definition) is 5. The van der Waals surface area contributed by atoms with E-state index in [1.807, 2.05) is 5.51 Å². The van der Waals surface area contributed by atoms with Crippen LogP contribution in [0.4, 0.5) is 0 Å². The van der Waals surface area contributed by atoms with E-state index >= 15 is 0 Å². The van der Waals surface area contributed by atoms with Gasteiger partial charge < -0.3 is 10.5 Å². The molecule has 0 bridgehead atoms. The summed E-state index contributed by atoms with van der Waals surface area (Å²) in [5.74, 6) is 0. The van der Waals surface area contributed by atoms with Crippen molar-refractivity contribution in [1.29, 1.82) is 0 Å². The van der Waals surface area contributed by atoms with Crippen LogP contribution in [0.3, 0.4) is 0 Å². The highest BCUT2D eigenvalue weighted by Crippen LogP contribution is 2.09. The van der Waals surface area contributed by atoms with Gasteiger partial charge in [0.15, 0.2) is 0 Å². The lowest BCUT2D eigenvalue weighted by atomic mass is 10.2. The average molecular weight is 213 g/mol. The van der Waals surface area contributed by atoms with Gasteiger partial charge in [-0.15, -0.1) is 11.3 Å². The van der Waals surface area contributed by atoms with Crippen LogP contribution in [0.15, 0.2) is 10.9 Å². The van der Waals surface area contributed by atoms with Crippen molar-refractivity contribution >= 4 is 11.3 Å². The van der Waals surface area contributed by atoms with Gasteiger partial charge in [-0.3, -0.25) is 4.90 Å². The summed E-state index contributed by atoms with van der Waals surface area (Å²) in [6.45, 7) is 4.21. The van der Waals surface area contributed by atoms with Crippen LogP contribution in [0.25, 0.3) is 0 Å². The lowest BCUT2D eigenvalue weighted by Crippen LogP contribution is -2.45. The number of rotatable bonds is 3. The third kappa shape index (κ3) is 2.51. The molecule has 14 heavy (non-hydrogen) atoms. The summed E-state index contributed by atoms with van der Waals surface area (Å²) in [7, 11) is 0. The van der Waals surface area contributed by atoms with E-state index in [1.54, 1.807) is 11.3 Å². The van der Waals surface area contributed by atoms with Crippen LogP contribution in [-0.4, -0.2) is 42.2 Å². The molecule has 1 aliphatic rings. The molecule has 1 aromatic rings. The normalized spacial score (nSPS) is 23.9. The SMILES string of the molecule is NCC1CN(Cc2cscn2)CCO1. The first kappa shape index (κ1) is 10.0. The van der Waals surface area contributed by atoms with E-state index in [4.69, 9.17) is 10.5 Å². The highest BCUT2D eigenvalue weighted by Gasteiger charge is 2.19. The monoisotopic (exact) mass is 213 g/mol. The van der Waals surface area contributed by atoms with Gasteiger partial charge in [-0.2, -0.15) is 0 Å². The summed E-state index contributed by atoms with van der Waals surface area (Å²) in [5.41, 5.74) is 8.59. The highest BCUT2D eigenvalue weighted by atomic mass is 32.1. The Kier molecular flexibility index (Phi) is 3.47. The molecular formula is C9H15N3OS. The molecule has 78 valence electrons. The number of nitrogens with two attached hydrogens (primary N) is 1. The molecule has 2 rings (SSSR count). The summed E-state index contributed by atoms with van der Waals surface area (Å²) in [6, 6.07) is 0. The molecule has 0 aliphatic carbocycles. The summed E-state index contributed by atoms with van der Waals surface area (Å²) in [5, 5.41) is 2.09. The molecule has 0 aromatic carbocycles. The zero-order valence-corrected chi connectivity index (χ0v) is 8.87. The Morgan fingerprint density at radius 1 is 1.71 bits per heavy atom. The van der Waals surface area contributed by atoms with Gasteiger partial charge >= 0.3 is 0 Å². The Labute approximate surface area is 87.7 Å². The largest absolute Gasteiger partial charge is 0.374 e. The minimum atomic E-state index is 0.197. The van der Waals surface area contributed by atoms with Crippen LogP contribution in [0.5, 0.6) is 0 Å².